The Bertz CT molecular complexity index is 1550. The van der Waals surface area contributed by atoms with E-state index in [4.69, 9.17) is 0 Å². The van der Waals surface area contributed by atoms with Crippen LogP contribution in [0.2, 0.25) is 0 Å². The molecule has 1 N–H and O–H groups in total. The molecule has 0 spiro atoms. The summed E-state index contributed by atoms with van der Waals surface area (Å²) in [7, 11) is 1.64. The number of H-pyrrole nitrogens is 1. The van der Waals surface area contributed by atoms with Crippen LogP contribution in [0.25, 0.3) is 38.9 Å². The first-order valence-corrected chi connectivity index (χ1v) is 9.73. The van der Waals surface area contributed by atoms with E-state index in [9.17, 15) is 18.0 Å². The van der Waals surface area contributed by atoms with Crippen LogP contribution in [0.4, 0.5) is 13.2 Å². The summed E-state index contributed by atoms with van der Waals surface area (Å²) in [6.07, 6.45) is -3.42. The third-order valence-electron chi connectivity index (χ3n) is 5.39. The number of pyridine rings is 1. The Kier molecular flexibility index (Phi) is 4.23. The highest BCUT2D eigenvalue weighted by molar-refractivity contribution is 5.86. The summed E-state index contributed by atoms with van der Waals surface area (Å²) in [6, 6.07) is 10.1. The highest BCUT2D eigenvalue weighted by Gasteiger charge is 2.36. The number of hydrogen-bond donors (Lipinski definition) is 1. The van der Waals surface area contributed by atoms with Crippen molar-refractivity contribution in [3.63, 3.8) is 0 Å². The van der Waals surface area contributed by atoms with Gasteiger partial charge < -0.3 is 0 Å². The maximum absolute atomic E-state index is 13.3. The normalized spacial score (nSPS) is 12.2. The number of fused-ring (bicyclic) bond motifs is 3. The van der Waals surface area contributed by atoms with Gasteiger partial charge in [0.2, 0.25) is 0 Å². The average molecular weight is 438 g/mol. The van der Waals surface area contributed by atoms with Gasteiger partial charge in [-0.15, -0.1) is 0 Å². The molecule has 0 amide bonds. The van der Waals surface area contributed by atoms with Crippen LogP contribution in [0.3, 0.4) is 0 Å². The molecule has 0 aliphatic carbocycles. The Hall–Kier alpha value is -3.95. The van der Waals surface area contributed by atoms with E-state index in [1.165, 1.54) is 29.0 Å². The van der Waals surface area contributed by atoms with Crippen molar-refractivity contribution in [2.45, 2.75) is 20.0 Å². The number of hydrogen-bond acceptors (Lipinski definition) is 4. The lowest BCUT2D eigenvalue weighted by molar-refractivity contribution is -0.140. The van der Waals surface area contributed by atoms with Crippen LogP contribution >= 0.6 is 0 Å². The number of nitrogens with zero attached hydrogens (tertiary/aromatic N) is 5. The number of aromatic nitrogens is 6. The quantitative estimate of drug-likeness (QED) is 0.446. The number of nitrogens with one attached hydrogen (secondary N) is 1. The van der Waals surface area contributed by atoms with Gasteiger partial charge in [-0.2, -0.15) is 23.4 Å². The number of rotatable bonds is 2. The lowest BCUT2D eigenvalue weighted by Gasteiger charge is -2.09. The number of aromatic amines is 1. The van der Waals surface area contributed by atoms with E-state index in [1.54, 1.807) is 17.6 Å². The molecular weight excluding hydrogens is 421 g/mol. The zero-order valence-electron chi connectivity index (χ0n) is 17.3. The first kappa shape index (κ1) is 20.0. The van der Waals surface area contributed by atoms with E-state index >= 15 is 0 Å². The van der Waals surface area contributed by atoms with E-state index in [1.807, 2.05) is 26.0 Å². The molecule has 162 valence electrons. The lowest BCUT2D eigenvalue weighted by Crippen LogP contribution is -2.19. The minimum atomic E-state index is -4.61. The van der Waals surface area contributed by atoms with Crippen molar-refractivity contribution in [3.05, 3.63) is 70.0 Å². The van der Waals surface area contributed by atoms with E-state index in [2.05, 4.69) is 20.3 Å². The van der Waals surface area contributed by atoms with Crippen LogP contribution in [0, 0.1) is 13.8 Å². The molecule has 5 aromatic rings. The Labute approximate surface area is 179 Å². The molecule has 4 heterocycles. The van der Waals surface area contributed by atoms with Crippen LogP contribution < -0.4 is 5.56 Å². The molecular formula is C22H17F3N6O. The SMILES string of the molecule is Cc1cc(-c2cc3n(C)c(=O)c4ccc(-c5c[nH]nc5C(F)(F)F)cc4n3n2)cc(C)n1. The van der Waals surface area contributed by atoms with Gasteiger partial charge in [0, 0.05) is 41.8 Å². The summed E-state index contributed by atoms with van der Waals surface area (Å²) >= 11 is 0. The summed E-state index contributed by atoms with van der Waals surface area (Å²) in [5.41, 5.74) is 2.96. The Morgan fingerprint density at radius 3 is 2.41 bits per heavy atom. The highest BCUT2D eigenvalue weighted by atomic mass is 19.4. The van der Waals surface area contributed by atoms with Gasteiger partial charge in [-0.05, 0) is 43.7 Å². The minimum absolute atomic E-state index is 0.0963. The van der Waals surface area contributed by atoms with Gasteiger partial charge in [0.05, 0.1) is 16.6 Å². The molecule has 10 heteroatoms. The molecule has 4 aromatic heterocycles. The number of alkyl halides is 3. The van der Waals surface area contributed by atoms with E-state index < -0.39 is 11.9 Å². The fourth-order valence-electron chi connectivity index (χ4n) is 3.98. The molecule has 0 saturated carbocycles. The predicted molar refractivity (Wildman–Crippen MR) is 113 cm³/mol. The van der Waals surface area contributed by atoms with E-state index in [0.717, 1.165) is 17.0 Å². The molecule has 0 atom stereocenters. The third kappa shape index (κ3) is 3.06. The van der Waals surface area contributed by atoms with Crippen LogP contribution in [-0.2, 0) is 13.2 Å². The monoisotopic (exact) mass is 438 g/mol. The van der Waals surface area contributed by atoms with Gasteiger partial charge in [0.15, 0.2) is 5.69 Å². The maximum atomic E-state index is 13.3. The van der Waals surface area contributed by atoms with Gasteiger partial charge in [-0.3, -0.25) is 19.4 Å². The van der Waals surface area contributed by atoms with Gasteiger partial charge in [0.1, 0.15) is 5.65 Å². The molecule has 0 bridgehead atoms. The summed E-state index contributed by atoms with van der Waals surface area (Å²) < 4.78 is 43.1. The fraction of sp³-hybridized carbons (Fsp3) is 0.182. The molecule has 0 aliphatic rings. The van der Waals surface area contributed by atoms with Crippen molar-refractivity contribution in [1.29, 1.82) is 0 Å². The average Bonchev–Trinajstić information content (AvgIpc) is 3.38. The lowest BCUT2D eigenvalue weighted by atomic mass is 10.0. The predicted octanol–water partition coefficient (Wildman–Crippen LogP) is 4.27. The second kappa shape index (κ2) is 6.78. The van der Waals surface area contributed by atoms with E-state index in [-0.39, 0.29) is 16.7 Å². The third-order valence-corrected chi connectivity index (χ3v) is 5.39. The van der Waals surface area contributed by atoms with Crippen molar-refractivity contribution >= 4 is 16.6 Å². The second-order valence-corrected chi connectivity index (χ2v) is 7.68. The summed E-state index contributed by atoms with van der Waals surface area (Å²) in [6.45, 7) is 3.76. The van der Waals surface area contributed by atoms with Crippen molar-refractivity contribution in [1.82, 2.24) is 29.4 Å². The zero-order valence-corrected chi connectivity index (χ0v) is 17.3. The highest BCUT2D eigenvalue weighted by Crippen LogP contribution is 2.36. The van der Waals surface area contributed by atoms with Crippen molar-refractivity contribution in [2.75, 3.05) is 0 Å². The number of benzene rings is 1. The number of aryl methyl sites for hydroxylation is 3. The molecule has 0 radical (unpaired) electrons. The molecule has 0 unspecified atom stereocenters. The van der Waals surface area contributed by atoms with Crippen molar-refractivity contribution in [2.24, 2.45) is 7.05 Å². The standard InChI is InChI=1S/C22H17F3N6O/c1-11-6-14(7-12(2)27-11)17-9-19-30(3)21(32)15-5-4-13(8-18(15)31(19)29-17)16-10-26-28-20(16)22(23,24)25/h4-10H,1-3H3,(H,26,28). The number of halogens is 3. The van der Waals surface area contributed by atoms with Crippen molar-refractivity contribution < 1.29 is 13.2 Å². The molecule has 0 saturated heterocycles. The zero-order chi connectivity index (χ0) is 22.8. The van der Waals surface area contributed by atoms with Gasteiger partial charge in [-0.1, -0.05) is 6.07 Å². The smallest absolute Gasteiger partial charge is 0.296 e. The molecule has 7 nitrogen and oxygen atoms in total. The Morgan fingerprint density at radius 2 is 1.72 bits per heavy atom. The Morgan fingerprint density at radius 1 is 1.00 bits per heavy atom. The van der Waals surface area contributed by atoms with E-state index in [0.29, 0.717) is 22.2 Å². The maximum Gasteiger partial charge on any atom is 0.435 e. The molecule has 5 rings (SSSR count). The van der Waals surface area contributed by atoms with Gasteiger partial charge in [0.25, 0.3) is 5.56 Å². The fourth-order valence-corrected chi connectivity index (χ4v) is 3.98. The first-order valence-electron chi connectivity index (χ1n) is 9.73. The summed E-state index contributed by atoms with van der Waals surface area (Å²) in [5, 5.41) is 10.7. The largest absolute Gasteiger partial charge is 0.435 e. The van der Waals surface area contributed by atoms with Crippen LogP contribution in [0.5, 0.6) is 0 Å². The Balaban J connectivity index is 1.80. The van der Waals surface area contributed by atoms with Crippen LogP contribution in [0.1, 0.15) is 17.1 Å². The second-order valence-electron chi connectivity index (χ2n) is 7.68. The minimum Gasteiger partial charge on any atom is -0.296 e. The summed E-state index contributed by atoms with van der Waals surface area (Å²) in [5.74, 6) is 0. The topological polar surface area (TPSA) is 80.9 Å². The molecule has 0 aliphatic heterocycles. The van der Waals surface area contributed by atoms with Crippen molar-refractivity contribution in [3.8, 4) is 22.4 Å². The van der Waals surface area contributed by atoms with Crippen LogP contribution in [-0.4, -0.2) is 29.4 Å². The molecule has 0 fully saturated rings. The first-order chi connectivity index (χ1) is 15.1. The molecule has 1 aromatic carbocycles. The van der Waals surface area contributed by atoms with Gasteiger partial charge >= 0.3 is 6.18 Å². The van der Waals surface area contributed by atoms with Crippen LogP contribution in [0.15, 0.2) is 47.4 Å². The molecule has 32 heavy (non-hydrogen) atoms. The summed E-state index contributed by atoms with van der Waals surface area (Å²) in [4.78, 5) is 17.3. The van der Waals surface area contributed by atoms with Gasteiger partial charge in [-0.25, -0.2) is 4.52 Å².